The SMILES string of the molecule is CCCC(Oc1c(-c2cccc3c2CNC3=O)ccc(OC)c1OC)C1(C(=O)O)CCC1. The Balaban J connectivity index is 1.87. The summed E-state index contributed by atoms with van der Waals surface area (Å²) in [6.07, 6.45) is 2.95. The van der Waals surface area contributed by atoms with Crippen molar-refractivity contribution in [3.63, 3.8) is 0 Å². The molecule has 1 amide bonds. The van der Waals surface area contributed by atoms with Crippen LogP contribution in [0.1, 0.15) is 54.9 Å². The predicted octanol–water partition coefficient (Wildman–Crippen LogP) is 4.42. The first-order valence-electron chi connectivity index (χ1n) is 11.0. The van der Waals surface area contributed by atoms with Gasteiger partial charge in [-0.05, 0) is 48.6 Å². The van der Waals surface area contributed by atoms with Crippen LogP contribution in [0.25, 0.3) is 11.1 Å². The topological polar surface area (TPSA) is 94.1 Å². The average molecular weight is 440 g/mol. The van der Waals surface area contributed by atoms with Crippen molar-refractivity contribution in [2.45, 2.75) is 51.7 Å². The van der Waals surface area contributed by atoms with Crippen molar-refractivity contribution in [2.75, 3.05) is 14.2 Å². The van der Waals surface area contributed by atoms with Gasteiger partial charge in [0.05, 0.1) is 14.2 Å². The van der Waals surface area contributed by atoms with Crippen LogP contribution in [0, 0.1) is 5.41 Å². The maximum Gasteiger partial charge on any atom is 0.313 e. The molecule has 1 atom stereocenters. The number of hydrogen-bond donors (Lipinski definition) is 2. The Morgan fingerprint density at radius 1 is 1.09 bits per heavy atom. The zero-order valence-electron chi connectivity index (χ0n) is 18.7. The summed E-state index contributed by atoms with van der Waals surface area (Å²) in [6, 6.07) is 9.27. The van der Waals surface area contributed by atoms with Gasteiger partial charge in [0.15, 0.2) is 11.5 Å². The number of ether oxygens (including phenoxy) is 3. The highest BCUT2D eigenvalue weighted by Crippen LogP contribution is 2.51. The first-order chi connectivity index (χ1) is 15.5. The van der Waals surface area contributed by atoms with Crippen LogP contribution in [-0.2, 0) is 11.3 Å². The van der Waals surface area contributed by atoms with Crippen molar-refractivity contribution in [3.8, 4) is 28.4 Å². The summed E-state index contributed by atoms with van der Waals surface area (Å²) < 4.78 is 17.8. The average Bonchev–Trinajstić information content (AvgIpc) is 3.13. The van der Waals surface area contributed by atoms with E-state index < -0.39 is 17.5 Å². The Morgan fingerprint density at radius 3 is 2.44 bits per heavy atom. The van der Waals surface area contributed by atoms with E-state index in [1.807, 2.05) is 25.1 Å². The van der Waals surface area contributed by atoms with Gasteiger partial charge in [0.1, 0.15) is 11.5 Å². The lowest BCUT2D eigenvalue weighted by molar-refractivity contribution is -0.164. The van der Waals surface area contributed by atoms with E-state index in [2.05, 4.69) is 5.32 Å². The Kier molecular flexibility index (Phi) is 6.00. The van der Waals surface area contributed by atoms with Crippen molar-refractivity contribution in [2.24, 2.45) is 5.41 Å². The molecule has 1 aliphatic carbocycles. The quantitative estimate of drug-likeness (QED) is 0.601. The Bertz CT molecular complexity index is 1040. The summed E-state index contributed by atoms with van der Waals surface area (Å²) >= 11 is 0. The van der Waals surface area contributed by atoms with Gasteiger partial charge in [0.2, 0.25) is 5.75 Å². The molecular weight excluding hydrogens is 410 g/mol. The maximum atomic E-state index is 12.3. The monoisotopic (exact) mass is 439 g/mol. The summed E-state index contributed by atoms with van der Waals surface area (Å²) in [4.78, 5) is 24.5. The van der Waals surface area contributed by atoms with Gasteiger partial charge in [-0.25, -0.2) is 0 Å². The molecule has 0 aromatic heterocycles. The molecule has 1 heterocycles. The Hall–Kier alpha value is -3.22. The lowest BCUT2D eigenvalue weighted by Crippen LogP contribution is -2.50. The number of carbonyl (C=O) groups is 2. The predicted molar refractivity (Wildman–Crippen MR) is 119 cm³/mol. The molecule has 2 aliphatic rings. The zero-order valence-corrected chi connectivity index (χ0v) is 18.7. The number of fused-ring (bicyclic) bond motifs is 1. The molecule has 0 bridgehead atoms. The number of carboxylic acids is 1. The van der Waals surface area contributed by atoms with E-state index in [9.17, 15) is 14.7 Å². The van der Waals surface area contributed by atoms with E-state index in [4.69, 9.17) is 14.2 Å². The summed E-state index contributed by atoms with van der Waals surface area (Å²) in [5, 5.41) is 12.9. The van der Waals surface area contributed by atoms with Crippen molar-refractivity contribution < 1.29 is 28.9 Å². The van der Waals surface area contributed by atoms with Gasteiger partial charge >= 0.3 is 5.97 Å². The highest BCUT2D eigenvalue weighted by atomic mass is 16.5. The normalized spacial score (nSPS) is 17.0. The second-order valence-electron chi connectivity index (χ2n) is 8.40. The smallest absolute Gasteiger partial charge is 0.313 e. The summed E-state index contributed by atoms with van der Waals surface area (Å²) in [5.74, 6) is 0.446. The van der Waals surface area contributed by atoms with Gasteiger partial charge < -0.3 is 24.6 Å². The van der Waals surface area contributed by atoms with Crippen molar-refractivity contribution in [1.82, 2.24) is 5.32 Å². The third kappa shape index (κ3) is 3.45. The molecule has 2 N–H and O–H groups in total. The second-order valence-corrected chi connectivity index (χ2v) is 8.40. The first-order valence-corrected chi connectivity index (χ1v) is 11.0. The molecule has 7 nitrogen and oxygen atoms in total. The van der Waals surface area contributed by atoms with Crippen molar-refractivity contribution in [3.05, 3.63) is 41.5 Å². The van der Waals surface area contributed by atoms with E-state index in [0.717, 1.165) is 29.5 Å². The summed E-state index contributed by atoms with van der Waals surface area (Å²) in [7, 11) is 3.10. The van der Waals surface area contributed by atoms with Crippen LogP contribution >= 0.6 is 0 Å². The lowest BCUT2D eigenvalue weighted by atomic mass is 9.64. The van der Waals surface area contributed by atoms with Crippen LogP contribution in [0.15, 0.2) is 30.3 Å². The molecular formula is C25H29NO6. The minimum atomic E-state index is -0.905. The van der Waals surface area contributed by atoms with Gasteiger partial charge in [-0.2, -0.15) is 0 Å². The highest BCUT2D eigenvalue weighted by Gasteiger charge is 2.52. The number of nitrogens with one attached hydrogen (secondary N) is 1. The fraction of sp³-hybridized carbons (Fsp3) is 0.440. The zero-order chi connectivity index (χ0) is 22.9. The molecule has 170 valence electrons. The molecule has 2 aromatic rings. The number of amides is 1. The number of hydrogen-bond acceptors (Lipinski definition) is 5. The van der Waals surface area contributed by atoms with Gasteiger partial charge in [-0.15, -0.1) is 0 Å². The minimum Gasteiger partial charge on any atom is -0.493 e. The highest BCUT2D eigenvalue weighted by molar-refractivity contribution is 6.01. The van der Waals surface area contributed by atoms with E-state index in [-0.39, 0.29) is 5.91 Å². The fourth-order valence-corrected chi connectivity index (χ4v) is 4.82. The summed E-state index contributed by atoms with van der Waals surface area (Å²) in [6.45, 7) is 2.45. The summed E-state index contributed by atoms with van der Waals surface area (Å²) in [5.41, 5.74) is 2.21. The van der Waals surface area contributed by atoms with Crippen LogP contribution in [0.5, 0.6) is 17.2 Å². The molecule has 1 aliphatic heterocycles. The third-order valence-electron chi connectivity index (χ3n) is 6.74. The van der Waals surface area contributed by atoms with Crippen molar-refractivity contribution in [1.29, 1.82) is 0 Å². The molecule has 4 rings (SSSR count). The number of carbonyl (C=O) groups excluding carboxylic acids is 1. The molecule has 1 unspecified atom stereocenters. The van der Waals surface area contributed by atoms with Gasteiger partial charge in [0.25, 0.3) is 5.91 Å². The van der Waals surface area contributed by atoms with Crippen LogP contribution in [0.2, 0.25) is 0 Å². The van der Waals surface area contributed by atoms with Crippen LogP contribution in [0.3, 0.4) is 0 Å². The fourth-order valence-electron chi connectivity index (χ4n) is 4.82. The van der Waals surface area contributed by atoms with Crippen LogP contribution in [-0.4, -0.2) is 37.3 Å². The number of carboxylic acid groups (broad SMARTS) is 1. The van der Waals surface area contributed by atoms with E-state index in [1.54, 1.807) is 26.4 Å². The second kappa shape index (κ2) is 8.73. The first kappa shape index (κ1) is 22.0. The molecule has 0 radical (unpaired) electrons. The molecule has 1 saturated carbocycles. The number of rotatable bonds is 9. The van der Waals surface area contributed by atoms with Gasteiger partial charge in [-0.1, -0.05) is 31.9 Å². The number of methoxy groups -OCH3 is 2. The molecule has 32 heavy (non-hydrogen) atoms. The molecule has 2 aromatic carbocycles. The van der Waals surface area contributed by atoms with Crippen LogP contribution < -0.4 is 19.5 Å². The largest absolute Gasteiger partial charge is 0.493 e. The van der Waals surface area contributed by atoms with E-state index in [0.29, 0.717) is 48.6 Å². The minimum absolute atomic E-state index is 0.104. The molecule has 1 fully saturated rings. The standard InChI is InChI=1S/C25H29NO6/c1-4-7-20(25(24(28)29)12-6-13-25)32-21-16(10-11-19(30-2)22(21)31-3)15-8-5-9-17-18(15)14-26-23(17)27/h5,8-11,20H,4,6-7,12-14H2,1-3H3,(H,26,27)(H,28,29). The maximum absolute atomic E-state index is 12.3. The molecule has 0 saturated heterocycles. The van der Waals surface area contributed by atoms with E-state index in [1.165, 1.54) is 0 Å². The molecule has 0 spiro atoms. The Morgan fingerprint density at radius 2 is 1.84 bits per heavy atom. The van der Waals surface area contributed by atoms with E-state index >= 15 is 0 Å². The lowest BCUT2D eigenvalue weighted by Gasteiger charge is -2.44. The van der Waals surface area contributed by atoms with Crippen molar-refractivity contribution >= 4 is 11.9 Å². The van der Waals surface area contributed by atoms with Gasteiger partial charge in [-0.3, -0.25) is 9.59 Å². The molecule has 7 heteroatoms. The number of aliphatic carboxylic acids is 1. The number of benzene rings is 2. The van der Waals surface area contributed by atoms with Gasteiger partial charge in [0, 0.05) is 17.7 Å². The third-order valence-corrected chi connectivity index (χ3v) is 6.74. The Labute approximate surface area is 187 Å². The van der Waals surface area contributed by atoms with Crippen LogP contribution in [0.4, 0.5) is 0 Å².